The fourth-order valence-corrected chi connectivity index (χ4v) is 1.67. The molecule has 0 saturated carbocycles. The number of ether oxygens (including phenoxy) is 1. The van der Waals surface area contributed by atoms with Crippen LogP contribution in [0.4, 0.5) is 4.39 Å². The van der Waals surface area contributed by atoms with Crippen LogP contribution in [-0.4, -0.2) is 17.7 Å². The Balaban J connectivity index is 2.84. The van der Waals surface area contributed by atoms with Crippen molar-refractivity contribution in [1.82, 2.24) is 0 Å². The van der Waals surface area contributed by atoms with Crippen molar-refractivity contribution in [1.29, 1.82) is 0 Å². The summed E-state index contributed by atoms with van der Waals surface area (Å²) in [5.74, 6) is -0.540. The van der Waals surface area contributed by atoms with E-state index in [0.29, 0.717) is 23.8 Å². The van der Waals surface area contributed by atoms with Crippen LogP contribution in [0, 0.1) is 11.7 Å². The van der Waals surface area contributed by atoms with Gasteiger partial charge in [-0.3, -0.25) is 0 Å². The normalized spacial score (nSPS) is 11.2. The van der Waals surface area contributed by atoms with Crippen LogP contribution < -0.4 is 4.74 Å². The Morgan fingerprint density at radius 3 is 2.68 bits per heavy atom. The molecule has 0 spiro atoms. The largest absolute Gasteiger partial charge is 0.493 e. The molecule has 0 fully saturated rings. The van der Waals surface area contributed by atoms with Gasteiger partial charge in [0.1, 0.15) is 11.6 Å². The molecule has 1 aromatic rings. The minimum absolute atomic E-state index is 0.417. The second-order valence-electron chi connectivity index (χ2n) is 4.35. The number of hydrogen-bond acceptors (Lipinski definition) is 2. The first-order valence-corrected chi connectivity index (χ1v) is 6.40. The fourth-order valence-electron chi connectivity index (χ4n) is 1.67. The Labute approximate surface area is 112 Å². The van der Waals surface area contributed by atoms with Crippen molar-refractivity contribution in [2.45, 2.75) is 26.7 Å². The maximum atomic E-state index is 13.2. The van der Waals surface area contributed by atoms with E-state index in [9.17, 15) is 9.18 Å². The van der Waals surface area contributed by atoms with Crippen molar-refractivity contribution < 1.29 is 19.0 Å². The first kappa shape index (κ1) is 15.2. The third-order valence-corrected chi connectivity index (χ3v) is 3.01. The summed E-state index contributed by atoms with van der Waals surface area (Å²) in [5, 5.41) is 8.61. The number of carboxylic acid groups (broad SMARTS) is 1. The van der Waals surface area contributed by atoms with E-state index in [1.54, 1.807) is 0 Å². The molecule has 0 aliphatic rings. The molecule has 0 atom stereocenters. The van der Waals surface area contributed by atoms with Crippen LogP contribution in [0.2, 0.25) is 0 Å². The summed E-state index contributed by atoms with van der Waals surface area (Å²) >= 11 is 0. The van der Waals surface area contributed by atoms with Gasteiger partial charge < -0.3 is 9.84 Å². The molecule has 0 saturated heterocycles. The average molecular weight is 266 g/mol. The first-order chi connectivity index (χ1) is 9.06. The molecular formula is C15H19FO3. The Morgan fingerprint density at radius 2 is 2.11 bits per heavy atom. The number of carboxylic acids is 1. The van der Waals surface area contributed by atoms with Gasteiger partial charge >= 0.3 is 5.97 Å². The van der Waals surface area contributed by atoms with E-state index in [2.05, 4.69) is 13.8 Å². The predicted molar refractivity (Wildman–Crippen MR) is 72.6 cm³/mol. The van der Waals surface area contributed by atoms with Gasteiger partial charge in [-0.2, -0.15) is 0 Å². The highest BCUT2D eigenvalue weighted by Gasteiger charge is 2.08. The topological polar surface area (TPSA) is 46.5 Å². The third-order valence-electron chi connectivity index (χ3n) is 3.01. The van der Waals surface area contributed by atoms with E-state index in [0.717, 1.165) is 18.9 Å². The minimum Gasteiger partial charge on any atom is -0.493 e. The molecule has 0 aromatic heterocycles. The lowest BCUT2D eigenvalue weighted by atomic mass is 10.1. The smallest absolute Gasteiger partial charge is 0.328 e. The molecule has 0 amide bonds. The van der Waals surface area contributed by atoms with Crippen LogP contribution in [0.25, 0.3) is 6.08 Å². The predicted octanol–water partition coefficient (Wildman–Crippen LogP) is 3.74. The van der Waals surface area contributed by atoms with E-state index in [-0.39, 0.29) is 0 Å². The Hall–Kier alpha value is -1.84. The summed E-state index contributed by atoms with van der Waals surface area (Å²) in [6.07, 6.45) is 4.34. The molecule has 4 heteroatoms. The van der Waals surface area contributed by atoms with Gasteiger partial charge in [-0.1, -0.05) is 26.7 Å². The number of rotatable bonds is 7. The number of benzene rings is 1. The maximum Gasteiger partial charge on any atom is 0.328 e. The van der Waals surface area contributed by atoms with Gasteiger partial charge in [0.15, 0.2) is 0 Å². The van der Waals surface area contributed by atoms with Crippen LogP contribution in [0.15, 0.2) is 24.3 Å². The monoisotopic (exact) mass is 266 g/mol. The zero-order valence-corrected chi connectivity index (χ0v) is 11.2. The summed E-state index contributed by atoms with van der Waals surface area (Å²) in [6, 6.07) is 4.10. The molecule has 0 radical (unpaired) electrons. The summed E-state index contributed by atoms with van der Waals surface area (Å²) in [6.45, 7) is 4.73. The molecule has 19 heavy (non-hydrogen) atoms. The summed E-state index contributed by atoms with van der Waals surface area (Å²) in [7, 11) is 0. The minimum atomic E-state index is -1.07. The van der Waals surface area contributed by atoms with E-state index >= 15 is 0 Å². The Kier molecular flexibility index (Phi) is 6.06. The molecule has 3 nitrogen and oxygen atoms in total. The highest BCUT2D eigenvalue weighted by atomic mass is 19.1. The van der Waals surface area contributed by atoms with Gasteiger partial charge in [0, 0.05) is 11.6 Å². The van der Waals surface area contributed by atoms with Gasteiger partial charge in [-0.25, -0.2) is 9.18 Å². The zero-order chi connectivity index (χ0) is 14.3. The fraction of sp³-hybridized carbons (Fsp3) is 0.400. The second kappa shape index (κ2) is 7.56. The highest BCUT2D eigenvalue weighted by Crippen LogP contribution is 2.22. The number of halogens is 1. The molecule has 1 aromatic carbocycles. The van der Waals surface area contributed by atoms with Crippen molar-refractivity contribution in [2.75, 3.05) is 6.61 Å². The van der Waals surface area contributed by atoms with Crippen molar-refractivity contribution in [3.05, 3.63) is 35.7 Å². The average Bonchev–Trinajstić information content (AvgIpc) is 2.39. The van der Waals surface area contributed by atoms with Crippen LogP contribution in [0.1, 0.15) is 32.3 Å². The van der Waals surface area contributed by atoms with E-state index in [4.69, 9.17) is 9.84 Å². The molecule has 104 valence electrons. The van der Waals surface area contributed by atoms with Gasteiger partial charge in [-0.15, -0.1) is 0 Å². The second-order valence-corrected chi connectivity index (χ2v) is 4.35. The van der Waals surface area contributed by atoms with Crippen molar-refractivity contribution in [3.63, 3.8) is 0 Å². The van der Waals surface area contributed by atoms with Crippen LogP contribution >= 0.6 is 0 Å². The lowest BCUT2D eigenvalue weighted by Gasteiger charge is -2.15. The maximum absolute atomic E-state index is 13.2. The highest BCUT2D eigenvalue weighted by molar-refractivity contribution is 5.85. The number of carbonyl (C=O) groups is 1. The summed E-state index contributed by atoms with van der Waals surface area (Å²) in [4.78, 5) is 10.5. The van der Waals surface area contributed by atoms with Crippen LogP contribution in [-0.2, 0) is 4.79 Å². The molecule has 0 aliphatic carbocycles. The number of hydrogen-bond donors (Lipinski definition) is 1. The molecule has 0 bridgehead atoms. The van der Waals surface area contributed by atoms with Gasteiger partial charge in [0.2, 0.25) is 0 Å². The van der Waals surface area contributed by atoms with E-state index in [1.165, 1.54) is 24.3 Å². The van der Waals surface area contributed by atoms with Crippen LogP contribution in [0.3, 0.4) is 0 Å². The van der Waals surface area contributed by atoms with E-state index < -0.39 is 11.8 Å². The van der Waals surface area contributed by atoms with Crippen LogP contribution in [0.5, 0.6) is 5.75 Å². The standard InChI is InChI=1S/C15H19FO3/c1-3-11(4-2)10-19-14-7-6-13(16)9-12(14)5-8-15(17)18/h5-9,11H,3-4,10H2,1-2H3,(H,17,18)/b8-5+. The number of aliphatic carboxylic acids is 1. The zero-order valence-electron chi connectivity index (χ0n) is 11.2. The van der Waals surface area contributed by atoms with Gasteiger partial charge in [0.05, 0.1) is 6.61 Å². The lowest BCUT2D eigenvalue weighted by Crippen LogP contribution is -2.10. The lowest BCUT2D eigenvalue weighted by molar-refractivity contribution is -0.131. The van der Waals surface area contributed by atoms with Crippen molar-refractivity contribution in [3.8, 4) is 5.75 Å². The molecule has 0 unspecified atom stereocenters. The third kappa shape index (κ3) is 5.12. The summed E-state index contributed by atoms with van der Waals surface area (Å²) in [5.41, 5.74) is 0.438. The molecule has 1 rings (SSSR count). The van der Waals surface area contributed by atoms with Crippen molar-refractivity contribution >= 4 is 12.0 Å². The van der Waals surface area contributed by atoms with Gasteiger partial charge in [-0.05, 0) is 30.2 Å². The molecule has 0 aliphatic heterocycles. The molecular weight excluding hydrogens is 247 g/mol. The van der Waals surface area contributed by atoms with Crippen molar-refractivity contribution in [2.24, 2.45) is 5.92 Å². The molecule has 1 N–H and O–H groups in total. The Morgan fingerprint density at radius 1 is 1.42 bits per heavy atom. The van der Waals surface area contributed by atoms with E-state index in [1.807, 2.05) is 0 Å². The SMILES string of the molecule is CCC(CC)COc1ccc(F)cc1/C=C/C(=O)O. The summed E-state index contributed by atoms with van der Waals surface area (Å²) < 4.78 is 18.8. The van der Waals surface area contributed by atoms with Gasteiger partial charge in [0.25, 0.3) is 0 Å². The first-order valence-electron chi connectivity index (χ1n) is 6.40. The quantitative estimate of drug-likeness (QED) is 0.765. The Bertz CT molecular complexity index is 451. The molecule has 0 heterocycles.